The zero-order valence-electron chi connectivity index (χ0n) is 15.7. The molecule has 0 fully saturated rings. The van der Waals surface area contributed by atoms with Gasteiger partial charge in [0.15, 0.2) is 8.32 Å². The van der Waals surface area contributed by atoms with E-state index in [1.54, 1.807) is 19.9 Å². The summed E-state index contributed by atoms with van der Waals surface area (Å²) in [5.41, 5.74) is 2.74. The molecule has 0 aliphatic rings. The molecule has 0 aromatic rings. The van der Waals surface area contributed by atoms with Crippen LogP contribution >= 0.6 is 0 Å². The molecule has 7 heteroatoms. The molecular weight excluding hydrogens is 328 g/mol. The van der Waals surface area contributed by atoms with Gasteiger partial charge in [-0.2, -0.15) is 0 Å². The molecule has 0 unspecified atom stereocenters. The van der Waals surface area contributed by atoms with Gasteiger partial charge in [-0.3, -0.25) is 0 Å². The van der Waals surface area contributed by atoms with Crippen molar-refractivity contribution in [3.8, 4) is 0 Å². The maximum absolute atomic E-state index is 10.4. The molecule has 0 aliphatic heterocycles. The Bertz CT molecular complexity index is 454. The predicted octanol–water partition coefficient (Wildman–Crippen LogP) is 4.15. The van der Waals surface area contributed by atoms with E-state index in [0.717, 1.165) is 0 Å². The summed E-state index contributed by atoms with van der Waals surface area (Å²) in [5.74, 6) is -1.66. The number of aliphatic carboxylic acids is 2. The van der Waals surface area contributed by atoms with Crippen molar-refractivity contribution in [1.29, 1.82) is 0 Å². The second kappa shape index (κ2) is 10.6. The van der Waals surface area contributed by atoms with Crippen LogP contribution in [0.1, 0.15) is 20.3 Å². The number of rotatable bonds is 7. The summed E-state index contributed by atoms with van der Waals surface area (Å²) in [6.07, 6.45) is 2.38. The second-order valence-electron chi connectivity index (χ2n) is 7.44. The monoisotopic (exact) mass is 360 g/mol. The first-order valence-corrected chi connectivity index (χ1v) is 14.6. The summed E-state index contributed by atoms with van der Waals surface area (Å²) in [6, 6.07) is 0. The van der Waals surface area contributed by atoms with E-state index in [1.807, 2.05) is 5.70 Å². The molecule has 0 saturated heterocycles. The van der Waals surface area contributed by atoms with Gasteiger partial charge in [-0.15, -0.1) is 0 Å². The van der Waals surface area contributed by atoms with E-state index in [1.165, 1.54) is 0 Å². The Morgan fingerprint density at radius 2 is 1.35 bits per heavy atom. The zero-order chi connectivity index (χ0) is 18.8. The van der Waals surface area contributed by atoms with Gasteiger partial charge in [0.1, 0.15) is 0 Å². The first-order chi connectivity index (χ1) is 10.2. The average Bonchev–Trinajstić information content (AvgIpc) is 2.31. The summed E-state index contributed by atoms with van der Waals surface area (Å²) in [7, 11) is -2.76. The van der Waals surface area contributed by atoms with Gasteiger partial charge in [-0.25, -0.2) is 9.59 Å². The lowest BCUT2D eigenvalue weighted by Gasteiger charge is -2.15. The van der Waals surface area contributed by atoms with E-state index >= 15 is 0 Å². The van der Waals surface area contributed by atoms with Gasteiger partial charge in [0.25, 0.3) is 0 Å². The molecule has 5 nitrogen and oxygen atoms in total. The standard InChI is InChI=1S/C9H18O3Si.C7H14O2Si/c1-8(9(10)11)6-5-7-12-13(2,3)4;1-6(7(8)9)5-10(2,3)4/h6H,5,7H2,1-4H3,(H,10,11);5H,1-4H3,(H,8,9). The zero-order valence-corrected chi connectivity index (χ0v) is 17.7. The Kier molecular flexibility index (Phi) is 11.1. The van der Waals surface area contributed by atoms with Crippen molar-refractivity contribution in [1.82, 2.24) is 0 Å². The lowest BCUT2D eigenvalue weighted by Crippen LogP contribution is -2.25. The minimum atomic E-state index is -1.43. The van der Waals surface area contributed by atoms with Crippen LogP contribution < -0.4 is 0 Å². The molecule has 0 aromatic heterocycles. The van der Waals surface area contributed by atoms with E-state index in [9.17, 15) is 9.59 Å². The van der Waals surface area contributed by atoms with Crippen LogP contribution in [0.5, 0.6) is 0 Å². The largest absolute Gasteiger partial charge is 0.478 e. The highest BCUT2D eigenvalue weighted by Gasteiger charge is 2.13. The number of carboxylic acids is 2. The number of carbonyl (C=O) groups is 2. The van der Waals surface area contributed by atoms with Gasteiger partial charge in [-0.1, -0.05) is 31.4 Å². The van der Waals surface area contributed by atoms with Gasteiger partial charge in [-0.05, 0) is 39.9 Å². The third-order valence-electron chi connectivity index (χ3n) is 2.43. The molecule has 0 radical (unpaired) electrons. The van der Waals surface area contributed by atoms with Crippen LogP contribution in [0.4, 0.5) is 0 Å². The van der Waals surface area contributed by atoms with Crippen molar-refractivity contribution in [2.75, 3.05) is 6.61 Å². The molecule has 0 atom stereocenters. The Morgan fingerprint density at radius 1 is 0.913 bits per heavy atom. The lowest BCUT2D eigenvalue weighted by molar-refractivity contribution is -0.133. The average molecular weight is 361 g/mol. The fourth-order valence-corrected chi connectivity index (χ4v) is 3.59. The van der Waals surface area contributed by atoms with Crippen molar-refractivity contribution in [3.63, 3.8) is 0 Å². The Morgan fingerprint density at radius 3 is 1.61 bits per heavy atom. The predicted molar refractivity (Wildman–Crippen MR) is 100 cm³/mol. The van der Waals surface area contributed by atoms with Gasteiger partial charge in [0.2, 0.25) is 0 Å². The van der Waals surface area contributed by atoms with Gasteiger partial charge in [0, 0.05) is 17.8 Å². The van der Waals surface area contributed by atoms with Crippen LogP contribution in [0.15, 0.2) is 22.9 Å². The molecule has 0 heterocycles. The summed E-state index contributed by atoms with van der Waals surface area (Å²) in [4.78, 5) is 20.7. The van der Waals surface area contributed by atoms with E-state index in [2.05, 4.69) is 39.3 Å². The first kappa shape index (κ1) is 24.1. The highest BCUT2D eigenvalue weighted by molar-refractivity contribution is 6.81. The van der Waals surface area contributed by atoms with Crippen LogP contribution in [-0.4, -0.2) is 45.1 Å². The normalized spacial score (nSPS) is 13.2. The van der Waals surface area contributed by atoms with Gasteiger partial charge < -0.3 is 14.6 Å². The highest BCUT2D eigenvalue weighted by atomic mass is 28.4. The maximum atomic E-state index is 10.4. The maximum Gasteiger partial charge on any atom is 0.330 e. The van der Waals surface area contributed by atoms with Crippen molar-refractivity contribution >= 4 is 28.3 Å². The van der Waals surface area contributed by atoms with Crippen molar-refractivity contribution in [3.05, 3.63) is 22.9 Å². The van der Waals surface area contributed by atoms with Crippen LogP contribution in [0.25, 0.3) is 0 Å². The molecule has 0 bridgehead atoms. The Balaban J connectivity index is 0. The van der Waals surface area contributed by atoms with Crippen LogP contribution in [-0.2, 0) is 14.0 Å². The van der Waals surface area contributed by atoms with Gasteiger partial charge in [0.05, 0.1) is 8.07 Å². The van der Waals surface area contributed by atoms with Crippen molar-refractivity contribution in [2.24, 2.45) is 0 Å². The smallest absolute Gasteiger partial charge is 0.330 e. The fraction of sp³-hybridized carbons (Fsp3) is 0.625. The minimum absolute atomic E-state index is 0.388. The third-order valence-corrected chi connectivity index (χ3v) is 4.80. The molecule has 23 heavy (non-hydrogen) atoms. The number of hydrogen-bond donors (Lipinski definition) is 2. The summed E-state index contributed by atoms with van der Waals surface area (Å²) in [5, 5.41) is 17.0. The van der Waals surface area contributed by atoms with Crippen LogP contribution in [0, 0.1) is 0 Å². The van der Waals surface area contributed by atoms with Gasteiger partial charge >= 0.3 is 11.9 Å². The molecular formula is C16H32O5Si2. The van der Waals surface area contributed by atoms with E-state index in [4.69, 9.17) is 14.6 Å². The van der Waals surface area contributed by atoms with Crippen LogP contribution in [0.3, 0.4) is 0 Å². The van der Waals surface area contributed by atoms with Crippen molar-refractivity contribution in [2.45, 2.75) is 59.6 Å². The van der Waals surface area contributed by atoms with Crippen molar-refractivity contribution < 1.29 is 24.2 Å². The molecule has 2 N–H and O–H groups in total. The summed E-state index contributed by atoms with van der Waals surface area (Å²) in [6.45, 7) is 16.5. The quantitative estimate of drug-likeness (QED) is 0.405. The molecule has 0 amide bonds. The van der Waals surface area contributed by atoms with Crippen LogP contribution in [0.2, 0.25) is 39.3 Å². The highest BCUT2D eigenvalue weighted by Crippen LogP contribution is 2.06. The Hall–Kier alpha value is -1.19. The topological polar surface area (TPSA) is 83.8 Å². The second-order valence-corrected chi connectivity index (χ2v) is 17.0. The summed E-state index contributed by atoms with van der Waals surface area (Å²) < 4.78 is 5.56. The Labute approximate surface area is 142 Å². The fourth-order valence-electron chi connectivity index (χ4n) is 1.44. The molecule has 0 aliphatic carbocycles. The number of carboxylic acid groups (broad SMARTS) is 2. The van der Waals surface area contributed by atoms with E-state index < -0.39 is 28.3 Å². The first-order valence-electron chi connectivity index (χ1n) is 7.62. The lowest BCUT2D eigenvalue weighted by atomic mass is 10.2. The van der Waals surface area contributed by atoms with E-state index in [0.29, 0.717) is 24.2 Å². The number of hydrogen-bond acceptors (Lipinski definition) is 3. The SMILES string of the molecule is CC(=CCCO[Si](C)(C)C)C(=O)O.CC(=C[Si](C)(C)C)C(=O)O. The van der Waals surface area contributed by atoms with E-state index in [-0.39, 0.29) is 0 Å². The molecule has 0 saturated carbocycles. The summed E-state index contributed by atoms with van der Waals surface area (Å²) >= 11 is 0. The third kappa shape index (κ3) is 18.8. The molecule has 134 valence electrons. The molecule has 0 spiro atoms. The molecule has 0 aromatic carbocycles. The minimum Gasteiger partial charge on any atom is -0.478 e. The molecule has 0 rings (SSSR count).